The normalized spacial score (nSPS) is 12.3. The van der Waals surface area contributed by atoms with E-state index in [0.717, 1.165) is 16.2 Å². The number of ether oxygens (including phenoxy) is 1. The molecule has 0 atom stereocenters. The highest BCUT2D eigenvalue weighted by molar-refractivity contribution is 7.12. The lowest BCUT2D eigenvalue weighted by molar-refractivity contribution is 0.0600. The van der Waals surface area contributed by atoms with E-state index < -0.39 is 11.9 Å². The van der Waals surface area contributed by atoms with Crippen LogP contribution in [0.4, 0.5) is 5.69 Å². The molecule has 132 valence electrons. The lowest BCUT2D eigenvalue weighted by Gasteiger charge is -2.08. The number of aromatic hydroxyl groups is 1. The van der Waals surface area contributed by atoms with Gasteiger partial charge in [-0.25, -0.2) is 4.79 Å². The van der Waals surface area contributed by atoms with E-state index in [2.05, 4.69) is 10.1 Å². The smallest absolute Gasteiger partial charge is 0.337 e. The van der Waals surface area contributed by atoms with Crippen LogP contribution in [0.3, 0.4) is 0 Å². The zero-order valence-electron chi connectivity index (χ0n) is 14.1. The molecule has 0 radical (unpaired) electrons. The first-order valence-corrected chi connectivity index (χ1v) is 8.79. The second-order valence-corrected chi connectivity index (χ2v) is 6.53. The second kappa shape index (κ2) is 8.18. The third-order valence-electron chi connectivity index (χ3n) is 3.46. The van der Waals surface area contributed by atoms with Crippen molar-refractivity contribution in [2.45, 2.75) is 20.3 Å². The summed E-state index contributed by atoms with van der Waals surface area (Å²) in [6.07, 6.45) is 4.67. The average Bonchev–Trinajstić information content (AvgIpc) is 2.92. The molecular weight excluding hydrogens is 362 g/mol. The number of carbonyl (C=O) groups is 2. The van der Waals surface area contributed by atoms with Crippen molar-refractivity contribution < 1.29 is 19.4 Å². The van der Waals surface area contributed by atoms with E-state index in [-0.39, 0.29) is 17.0 Å². The Labute approximate surface area is 154 Å². The number of carbonyl (C=O) groups excluding carboxylic acids is 2. The van der Waals surface area contributed by atoms with E-state index in [1.54, 1.807) is 0 Å². The number of halogens is 1. The molecule has 0 unspecified atom stereocenters. The molecule has 2 aromatic rings. The number of esters is 1. The summed E-state index contributed by atoms with van der Waals surface area (Å²) in [4.78, 5) is 24.4. The molecule has 0 spiro atoms. The van der Waals surface area contributed by atoms with Gasteiger partial charge in [0.25, 0.3) is 5.91 Å². The maximum atomic E-state index is 12.5. The molecule has 1 heterocycles. The van der Waals surface area contributed by atoms with Gasteiger partial charge in [-0.1, -0.05) is 30.7 Å². The number of thiophene rings is 1. The van der Waals surface area contributed by atoms with Gasteiger partial charge in [0.05, 0.1) is 23.4 Å². The summed E-state index contributed by atoms with van der Waals surface area (Å²) in [7, 11) is 1.25. The SMILES string of the molecule is C/C=c1/sc(C(=O)Nc2ccc(C(=O)OC)cc2O)c(Cl)/c1=C/CC. The number of hydrogen-bond acceptors (Lipinski definition) is 5. The number of phenols is 1. The maximum Gasteiger partial charge on any atom is 0.337 e. The first kappa shape index (κ1) is 19.0. The van der Waals surface area contributed by atoms with E-state index >= 15 is 0 Å². The molecule has 0 fully saturated rings. The first-order valence-electron chi connectivity index (χ1n) is 7.60. The number of benzene rings is 1. The quantitative estimate of drug-likeness (QED) is 0.632. The summed E-state index contributed by atoms with van der Waals surface area (Å²) in [6.45, 7) is 3.88. The number of hydrogen-bond donors (Lipinski definition) is 2. The molecule has 7 heteroatoms. The summed E-state index contributed by atoms with van der Waals surface area (Å²) in [5, 5.41) is 13.9. The van der Waals surface area contributed by atoms with Crippen molar-refractivity contribution in [3.8, 4) is 5.75 Å². The minimum Gasteiger partial charge on any atom is -0.506 e. The van der Waals surface area contributed by atoms with Crippen LogP contribution in [-0.4, -0.2) is 24.1 Å². The molecule has 2 rings (SSSR count). The Balaban J connectivity index is 2.35. The van der Waals surface area contributed by atoms with Crippen LogP contribution in [0.5, 0.6) is 5.75 Å². The fourth-order valence-electron chi connectivity index (χ4n) is 2.26. The Kier molecular flexibility index (Phi) is 6.22. The van der Waals surface area contributed by atoms with Crippen molar-refractivity contribution in [2.24, 2.45) is 0 Å². The Morgan fingerprint density at radius 1 is 1.40 bits per heavy atom. The van der Waals surface area contributed by atoms with Gasteiger partial charge >= 0.3 is 5.97 Å². The molecular formula is C18H18ClNO4S. The Hall–Kier alpha value is -2.31. The molecule has 25 heavy (non-hydrogen) atoms. The molecule has 2 N–H and O–H groups in total. The van der Waals surface area contributed by atoms with Crippen LogP contribution in [0.15, 0.2) is 18.2 Å². The number of methoxy groups -OCH3 is 1. The predicted molar refractivity (Wildman–Crippen MR) is 101 cm³/mol. The number of phenolic OH excluding ortho intramolecular Hbond substituents is 1. The predicted octanol–water partition coefficient (Wildman–Crippen LogP) is 3.14. The lowest BCUT2D eigenvalue weighted by atomic mass is 10.2. The van der Waals surface area contributed by atoms with Gasteiger partial charge in [-0.2, -0.15) is 0 Å². The van der Waals surface area contributed by atoms with Crippen LogP contribution in [0.25, 0.3) is 12.2 Å². The highest BCUT2D eigenvalue weighted by atomic mass is 35.5. The largest absolute Gasteiger partial charge is 0.506 e. The standard InChI is InChI=1S/C18H18ClNO4S/c1-4-6-11-14(5-2)25-16(15(11)19)17(22)20-12-8-7-10(9-13(12)21)18(23)24-3/h5-9,21H,4H2,1-3H3,(H,20,22)/b11-6+,14-5+. The highest BCUT2D eigenvalue weighted by Crippen LogP contribution is 2.26. The zero-order chi connectivity index (χ0) is 18.6. The average molecular weight is 380 g/mol. The van der Waals surface area contributed by atoms with Crippen molar-refractivity contribution in [3.63, 3.8) is 0 Å². The molecule has 0 saturated heterocycles. The van der Waals surface area contributed by atoms with Crippen LogP contribution in [0.1, 0.15) is 40.3 Å². The van der Waals surface area contributed by atoms with Crippen LogP contribution in [0.2, 0.25) is 5.02 Å². The topological polar surface area (TPSA) is 75.6 Å². The Bertz CT molecular complexity index is 933. The molecule has 1 aromatic carbocycles. The zero-order valence-corrected chi connectivity index (χ0v) is 15.6. The molecule has 1 aromatic heterocycles. The highest BCUT2D eigenvalue weighted by Gasteiger charge is 2.17. The fourth-order valence-corrected chi connectivity index (χ4v) is 3.67. The van der Waals surface area contributed by atoms with E-state index in [1.807, 2.05) is 26.0 Å². The summed E-state index contributed by atoms with van der Waals surface area (Å²) < 4.78 is 5.51. The van der Waals surface area contributed by atoms with Crippen molar-refractivity contribution in [3.05, 3.63) is 43.4 Å². The summed E-state index contributed by atoms with van der Waals surface area (Å²) >= 11 is 7.63. The number of anilines is 1. The van der Waals surface area contributed by atoms with Crippen molar-refractivity contribution in [1.82, 2.24) is 0 Å². The molecule has 1 amide bonds. The molecule has 0 aliphatic carbocycles. The maximum absolute atomic E-state index is 12.5. The van der Waals surface area contributed by atoms with Crippen molar-refractivity contribution in [2.75, 3.05) is 12.4 Å². The van der Waals surface area contributed by atoms with Gasteiger partial charge < -0.3 is 15.2 Å². The molecule has 5 nitrogen and oxygen atoms in total. The van der Waals surface area contributed by atoms with E-state index in [4.69, 9.17) is 11.6 Å². The fraction of sp³-hybridized carbons (Fsp3) is 0.222. The number of rotatable bonds is 4. The lowest BCUT2D eigenvalue weighted by Crippen LogP contribution is -2.18. The van der Waals surface area contributed by atoms with Crippen molar-refractivity contribution in [1.29, 1.82) is 0 Å². The molecule has 0 aliphatic rings. The Morgan fingerprint density at radius 2 is 2.12 bits per heavy atom. The van der Waals surface area contributed by atoms with E-state index in [1.165, 1.54) is 36.6 Å². The van der Waals surface area contributed by atoms with Crippen LogP contribution in [-0.2, 0) is 4.74 Å². The van der Waals surface area contributed by atoms with Crippen LogP contribution in [0, 0.1) is 0 Å². The van der Waals surface area contributed by atoms with Crippen molar-refractivity contribution >= 4 is 52.7 Å². The third-order valence-corrected chi connectivity index (χ3v) is 5.23. The van der Waals surface area contributed by atoms with Crippen LogP contribution < -0.4 is 15.1 Å². The van der Waals surface area contributed by atoms with Gasteiger partial charge in [-0.05, 0) is 31.5 Å². The van der Waals surface area contributed by atoms with Gasteiger partial charge in [0, 0.05) is 9.75 Å². The number of amides is 1. The summed E-state index contributed by atoms with van der Waals surface area (Å²) in [5.74, 6) is -1.22. The van der Waals surface area contributed by atoms with Gasteiger partial charge in [0.1, 0.15) is 10.6 Å². The molecule has 0 saturated carbocycles. The van der Waals surface area contributed by atoms with E-state index in [9.17, 15) is 14.7 Å². The summed E-state index contributed by atoms with van der Waals surface area (Å²) in [6, 6.07) is 4.13. The second-order valence-electron chi connectivity index (χ2n) is 5.10. The van der Waals surface area contributed by atoms with Gasteiger partial charge in [0.15, 0.2) is 0 Å². The van der Waals surface area contributed by atoms with Gasteiger partial charge in [0.2, 0.25) is 0 Å². The minimum absolute atomic E-state index is 0.185. The van der Waals surface area contributed by atoms with Gasteiger partial charge in [-0.3, -0.25) is 4.79 Å². The molecule has 0 bridgehead atoms. The van der Waals surface area contributed by atoms with Gasteiger partial charge in [-0.15, -0.1) is 11.3 Å². The minimum atomic E-state index is -0.572. The third kappa shape index (κ3) is 4.03. The Morgan fingerprint density at radius 3 is 2.68 bits per heavy atom. The summed E-state index contributed by atoms with van der Waals surface area (Å²) in [5.41, 5.74) is 0.375. The molecule has 0 aliphatic heterocycles. The monoisotopic (exact) mass is 379 g/mol. The first-order chi connectivity index (χ1) is 11.9. The number of nitrogens with one attached hydrogen (secondary N) is 1. The van der Waals surface area contributed by atoms with Crippen LogP contribution >= 0.6 is 22.9 Å². The van der Waals surface area contributed by atoms with E-state index in [0.29, 0.717) is 9.90 Å².